The number of hydrogen-bond donors (Lipinski definition) is 0. The number of nitrogens with zero attached hydrogens (tertiary/aromatic N) is 1. The van der Waals surface area contributed by atoms with E-state index in [1.54, 1.807) is 12.1 Å². The molecule has 1 aliphatic rings. The molecule has 0 saturated heterocycles. The molecule has 2 aromatic carbocycles. The Kier molecular flexibility index (Phi) is 5.82. The van der Waals surface area contributed by atoms with Crippen molar-refractivity contribution in [1.82, 2.24) is 4.90 Å². The van der Waals surface area contributed by atoms with Crippen LogP contribution >= 0.6 is 11.6 Å². The van der Waals surface area contributed by atoms with Gasteiger partial charge in [-0.1, -0.05) is 48.9 Å². The van der Waals surface area contributed by atoms with Gasteiger partial charge in [-0.25, -0.2) is 0 Å². The van der Waals surface area contributed by atoms with Crippen molar-refractivity contribution in [3.05, 3.63) is 58.6 Å². The Morgan fingerprint density at radius 2 is 1.92 bits per heavy atom. The fourth-order valence-corrected chi connectivity index (χ4v) is 3.13. The maximum atomic E-state index is 13.0. The molecular weight excluding hydrogens is 338 g/mol. The lowest BCUT2D eigenvalue weighted by Crippen LogP contribution is -2.31. The third kappa shape index (κ3) is 4.26. The van der Waals surface area contributed by atoms with Crippen LogP contribution in [-0.4, -0.2) is 30.6 Å². The van der Waals surface area contributed by atoms with E-state index in [0.29, 0.717) is 48.4 Å². The number of amides is 1. The molecule has 3 rings (SSSR count). The van der Waals surface area contributed by atoms with E-state index in [-0.39, 0.29) is 5.91 Å². The molecule has 0 N–H and O–H groups in total. The zero-order chi connectivity index (χ0) is 17.6. The third-order valence-corrected chi connectivity index (χ3v) is 4.33. The van der Waals surface area contributed by atoms with Crippen molar-refractivity contribution in [1.29, 1.82) is 0 Å². The standard InChI is InChI=1S/C20H22ClNO3/c1-2-9-22(14-15-7-4-3-5-8-15)20(23)16-12-17(21)19-18(13-16)24-10-6-11-25-19/h3-5,7-8,12-13H,2,6,9-11,14H2,1H3. The predicted molar refractivity (Wildman–Crippen MR) is 98.5 cm³/mol. The Morgan fingerprint density at radius 1 is 1.16 bits per heavy atom. The first-order valence-corrected chi connectivity index (χ1v) is 8.99. The molecule has 5 heteroatoms. The van der Waals surface area contributed by atoms with Gasteiger partial charge in [0.05, 0.1) is 18.2 Å². The van der Waals surface area contributed by atoms with E-state index < -0.39 is 0 Å². The second-order valence-corrected chi connectivity index (χ2v) is 6.46. The molecule has 0 bridgehead atoms. The summed E-state index contributed by atoms with van der Waals surface area (Å²) in [6.45, 7) is 4.44. The highest BCUT2D eigenvalue weighted by atomic mass is 35.5. The van der Waals surface area contributed by atoms with Gasteiger partial charge in [-0.15, -0.1) is 0 Å². The number of carbonyl (C=O) groups is 1. The lowest BCUT2D eigenvalue weighted by Gasteiger charge is -2.23. The monoisotopic (exact) mass is 359 g/mol. The molecule has 0 aliphatic carbocycles. The highest BCUT2D eigenvalue weighted by Gasteiger charge is 2.21. The second-order valence-electron chi connectivity index (χ2n) is 6.05. The van der Waals surface area contributed by atoms with Crippen LogP contribution in [0.2, 0.25) is 5.02 Å². The summed E-state index contributed by atoms with van der Waals surface area (Å²) in [5.41, 5.74) is 1.63. The maximum Gasteiger partial charge on any atom is 0.254 e. The van der Waals surface area contributed by atoms with Gasteiger partial charge in [0.25, 0.3) is 5.91 Å². The lowest BCUT2D eigenvalue weighted by molar-refractivity contribution is 0.0742. The second kappa shape index (κ2) is 8.26. The van der Waals surface area contributed by atoms with Gasteiger partial charge >= 0.3 is 0 Å². The van der Waals surface area contributed by atoms with Crippen molar-refractivity contribution in [2.45, 2.75) is 26.3 Å². The Hall–Kier alpha value is -2.20. The first kappa shape index (κ1) is 17.6. The third-order valence-electron chi connectivity index (χ3n) is 4.05. The number of hydrogen-bond acceptors (Lipinski definition) is 3. The van der Waals surface area contributed by atoms with Crippen LogP contribution in [0.3, 0.4) is 0 Å². The van der Waals surface area contributed by atoms with Crippen molar-refractivity contribution in [2.75, 3.05) is 19.8 Å². The molecule has 1 aliphatic heterocycles. The lowest BCUT2D eigenvalue weighted by atomic mass is 10.1. The summed E-state index contributed by atoms with van der Waals surface area (Å²) in [5.74, 6) is 1.02. The normalized spacial score (nSPS) is 13.2. The number of carbonyl (C=O) groups excluding carboxylic acids is 1. The van der Waals surface area contributed by atoms with E-state index in [0.717, 1.165) is 18.4 Å². The van der Waals surface area contributed by atoms with Gasteiger partial charge in [0, 0.05) is 25.1 Å². The zero-order valence-corrected chi connectivity index (χ0v) is 15.1. The number of ether oxygens (including phenoxy) is 2. The minimum Gasteiger partial charge on any atom is -0.489 e. The van der Waals surface area contributed by atoms with Crippen molar-refractivity contribution in [2.24, 2.45) is 0 Å². The highest BCUT2D eigenvalue weighted by Crippen LogP contribution is 2.38. The van der Waals surface area contributed by atoms with Gasteiger partial charge in [0.1, 0.15) is 0 Å². The molecular formula is C20H22ClNO3. The van der Waals surface area contributed by atoms with Crippen molar-refractivity contribution in [3.63, 3.8) is 0 Å². The fourth-order valence-electron chi connectivity index (χ4n) is 2.86. The van der Waals surface area contributed by atoms with Gasteiger partial charge in [-0.3, -0.25) is 4.79 Å². The van der Waals surface area contributed by atoms with E-state index >= 15 is 0 Å². The zero-order valence-electron chi connectivity index (χ0n) is 14.3. The summed E-state index contributed by atoms with van der Waals surface area (Å²) in [4.78, 5) is 14.9. The van der Waals surface area contributed by atoms with Crippen LogP contribution in [0.1, 0.15) is 35.7 Å². The number of halogens is 1. The minimum atomic E-state index is -0.0525. The van der Waals surface area contributed by atoms with Crippen LogP contribution in [0.25, 0.3) is 0 Å². The molecule has 0 radical (unpaired) electrons. The highest BCUT2D eigenvalue weighted by molar-refractivity contribution is 6.32. The van der Waals surface area contributed by atoms with E-state index in [1.807, 2.05) is 35.2 Å². The number of fused-ring (bicyclic) bond motifs is 1. The summed E-state index contributed by atoms with van der Waals surface area (Å²) in [7, 11) is 0. The SMILES string of the molecule is CCCN(Cc1ccccc1)C(=O)c1cc(Cl)c2c(c1)OCCCO2. The molecule has 0 fully saturated rings. The van der Waals surface area contributed by atoms with Gasteiger partial charge in [-0.05, 0) is 24.1 Å². The number of rotatable bonds is 5. The summed E-state index contributed by atoms with van der Waals surface area (Å²) in [6, 6.07) is 13.4. The summed E-state index contributed by atoms with van der Waals surface area (Å²) < 4.78 is 11.3. The average molecular weight is 360 g/mol. The Balaban J connectivity index is 1.86. The molecule has 1 heterocycles. The van der Waals surface area contributed by atoms with Gasteiger partial charge in [0.15, 0.2) is 11.5 Å². The molecule has 25 heavy (non-hydrogen) atoms. The molecule has 0 atom stereocenters. The number of benzene rings is 2. The van der Waals surface area contributed by atoms with Crippen molar-refractivity contribution >= 4 is 17.5 Å². The van der Waals surface area contributed by atoms with Crippen LogP contribution < -0.4 is 9.47 Å². The average Bonchev–Trinajstić information content (AvgIpc) is 2.87. The smallest absolute Gasteiger partial charge is 0.254 e. The van der Waals surface area contributed by atoms with E-state index in [1.165, 1.54) is 0 Å². The predicted octanol–water partition coefficient (Wildman–Crippen LogP) is 4.55. The molecule has 0 unspecified atom stereocenters. The Bertz CT molecular complexity index is 733. The van der Waals surface area contributed by atoms with Crippen LogP contribution in [0, 0.1) is 0 Å². The van der Waals surface area contributed by atoms with E-state index in [2.05, 4.69) is 6.92 Å². The first-order chi connectivity index (χ1) is 12.2. The molecule has 4 nitrogen and oxygen atoms in total. The minimum absolute atomic E-state index is 0.0525. The Morgan fingerprint density at radius 3 is 2.68 bits per heavy atom. The van der Waals surface area contributed by atoms with Crippen LogP contribution in [0.4, 0.5) is 0 Å². The van der Waals surface area contributed by atoms with Gasteiger partial charge < -0.3 is 14.4 Å². The first-order valence-electron chi connectivity index (χ1n) is 8.61. The topological polar surface area (TPSA) is 38.8 Å². The maximum absolute atomic E-state index is 13.0. The Labute approximate surface area is 153 Å². The molecule has 0 saturated carbocycles. The van der Waals surface area contributed by atoms with E-state index in [9.17, 15) is 4.79 Å². The summed E-state index contributed by atoms with van der Waals surface area (Å²) in [5, 5.41) is 0.416. The summed E-state index contributed by atoms with van der Waals surface area (Å²) in [6.07, 6.45) is 1.68. The van der Waals surface area contributed by atoms with Crippen LogP contribution in [0.15, 0.2) is 42.5 Å². The summed E-state index contributed by atoms with van der Waals surface area (Å²) >= 11 is 6.33. The molecule has 2 aromatic rings. The van der Waals surface area contributed by atoms with Crippen molar-refractivity contribution in [3.8, 4) is 11.5 Å². The van der Waals surface area contributed by atoms with Gasteiger partial charge in [-0.2, -0.15) is 0 Å². The molecule has 0 aromatic heterocycles. The van der Waals surface area contributed by atoms with Gasteiger partial charge in [0.2, 0.25) is 0 Å². The molecule has 0 spiro atoms. The fraction of sp³-hybridized carbons (Fsp3) is 0.350. The molecule has 132 valence electrons. The largest absolute Gasteiger partial charge is 0.489 e. The quantitative estimate of drug-likeness (QED) is 0.785. The van der Waals surface area contributed by atoms with Crippen molar-refractivity contribution < 1.29 is 14.3 Å². The molecule has 1 amide bonds. The van der Waals surface area contributed by atoms with Crippen LogP contribution in [-0.2, 0) is 6.54 Å². The van der Waals surface area contributed by atoms with Crippen LogP contribution in [0.5, 0.6) is 11.5 Å². The van der Waals surface area contributed by atoms with E-state index in [4.69, 9.17) is 21.1 Å².